The summed E-state index contributed by atoms with van der Waals surface area (Å²) in [5.41, 5.74) is -1.16. The number of nitrogens with one attached hydrogen (secondary N) is 1. The van der Waals surface area contributed by atoms with Crippen LogP contribution in [0.4, 0.5) is 0 Å². The maximum atomic E-state index is 11.9. The molecule has 0 aliphatic rings. The van der Waals surface area contributed by atoms with Gasteiger partial charge in [0, 0.05) is 25.0 Å². The van der Waals surface area contributed by atoms with Crippen molar-refractivity contribution in [3.63, 3.8) is 0 Å². The first kappa shape index (κ1) is 24.1. The van der Waals surface area contributed by atoms with Crippen LogP contribution in [0.5, 0.6) is 0 Å². The molecule has 0 aromatic rings. The Morgan fingerprint density at radius 2 is 1.40 bits per heavy atom. The van der Waals surface area contributed by atoms with Crippen LogP contribution in [0.15, 0.2) is 0 Å². The molecule has 0 atom stereocenters. The summed E-state index contributed by atoms with van der Waals surface area (Å²) in [6.45, 7) is 17.1. The van der Waals surface area contributed by atoms with Gasteiger partial charge in [-0.1, -0.05) is 55.4 Å². The monoisotopic (exact) mass is 289 g/mol. The third-order valence-electron chi connectivity index (χ3n) is 3.42. The number of Topliss-reactive ketones (excluding diaryl/α,β-unsaturated/α-hetero) is 1. The minimum atomic E-state index is -0.668. The largest absolute Gasteiger partial charge is 0.396 e. The molecule has 0 saturated carbocycles. The number of hydrogen-bond donors (Lipinski definition) is 2. The molecule has 4 nitrogen and oxygen atoms in total. The van der Waals surface area contributed by atoms with Crippen LogP contribution in [0.3, 0.4) is 0 Å². The Morgan fingerprint density at radius 3 is 1.70 bits per heavy atom. The molecule has 4 heteroatoms. The van der Waals surface area contributed by atoms with Crippen LogP contribution in [-0.2, 0) is 9.59 Å². The minimum absolute atomic E-state index is 0.0551. The van der Waals surface area contributed by atoms with Crippen molar-refractivity contribution in [1.82, 2.24) is 5.32 Å². The van der Waals surface area contributed by atoms with E-state index in [1.165, 1.54) is 6.92 Å². The van der Waals surface area contributed by atoms with Crippen LogP contribution in [-0.4, -0.2) is 29.9 Å². The second-order valence-electron chi connectivity index (χ2n) is 5.37. The van der Waals surface area contributed by atoms with E-state index in [9.17, 15) is 14.7 Å². The lowest BCUT2D eigenvalue weighted by Crippen LogP contribution is -2.48. The van der Waals surface area contributed by atoms with Gasteiger partial charge >= 0.3 is 0 Å². The summed E-state index contributed by atoms with van der Waals surface area (Å²) in [5, 5.41) is 12.0. The summed E-state index contributed by atoms with van der Waals surface area (Å²) in [7, 11) is 0. The zero-order valence-electron chi connectivity index (χ0n) is 14.9. The standard InChI is InChI=1S/C12H23NO3.2C2H6/c1-9(15)6-7-13-10(16)12(4,5)11(2,3)8-14;2*1-2/h14H,6-8H2,1-5H3,(H,13,16);2*1-2H3. The van der Waals surface area contributed by atoms with Crippen LogP contribution in [0.25, 0.3) is 0 Å². The normalized spacial score (nSPS) is 10.5. The average Bonchev–Trinajstić information content (AvgIpc) is 2.42. The molecule has 0 aromatic carbocycles. The van der Waals surface area contributed by atoms with Crippen LogP contribution in [0.1, 0.15) is 68.7 Å². The predicted octanol–water partition coefficient (Wildman–Crippen LogP) is 3.18. The molecule has 0 aliphatic heterocycles. The number of amides is 1. The lowest BCUT2D eigenvalue weighted by molar-refractivity contribution is -0.137. The summed E-state index contributed by atoms with van der Waals surface area (Å²) in [4.78, 5) is 22.7. The lowest BCUT2D eigenvalue weighted by Gasteiger charge is -2.38. The topological polar surface area (TPSA) is 66.4 Å². The molecule has 20 heavy (non-hydrogen) atoms. The van der Waals surface area contributed by atoms with Crippen molar-refractivity contribution in [3.8, 4) is 0 Å². The van der Waals surface area contributed by atoms with Gasteiger partial charge in [-0.3, -0.25) is 9.59 Å². The molecule has 0 heterocycles. The molecule has 0 radical (unpaired) electrons. The molecule has 122 valence electrons. The van der Waals surface area contributed by atoms with E-state index in [4.69, 9.17) is 0 Å². The molecule has 0 saturated heterocycles. The highest BCUT2D eigenvalue weighted by Gasteiger charge is 2.42. The summed E-state index contributed by atoms with van der Waals surface area (Å²) in [6, 6.07) is 0. The first-order chi connectivity index (χ1) is 9.15. The average molecular weight is 289 g/mol. The Labute approximate surface area is 125 Å². The van der Waals surface area contributed by atoms with Crippen molar-refractivity contribution in [2.45, 2.75) is 68.7 Å². The SMILES string of the molecule is CC.CC.CC(=O)CCNC(=O)C(C)(C)C(C)(C)CO. The number of carbonyl (C=O) groups excluding carboxylic acids is 2. The molecule has 0 rings (SSSR count). The first-order valence-corrected chi connectivity index (χ1v) is 7.54. The number of rotatable bonds is 6. The third kappa shape index (κ3) is 8.31. The highest BCUT2D eigenvalue weighted by Crippen LogP contribution is 2.37. The van der Waals surface area contributed by atoms with Gasteiger partial charge in [-0.2, -0.15) is 0 Å². The number of aliphatic hydroxyl groups is 1. The highest BCUT2D eigenvalue weighted by molar-refractivity contribution is 5.83. The van der Waals surface area contributed by atoms with Crippen molar-refractivity contribution in [2.75, 3.05) is 13.2 Å². The van der Waals surface area contributed by atoms with E-state index in [1.54, 1.807) is 13.8 Å². The Morgan fingerprint density at radius 1 is 1.00 bits per heavy atom. The molecule has 1 amide bonds. The quantitative estimate of drug-likeness (QED) is 0.789. The number of carbonyl (C=O) groups is 2. The van der Waals surface area contributed by atoms with Gasteiger partial charge in [0.1, 0.15) is 5.78 Å². The van der Waals surface area contributed by atoms with E-state index in [0.29, 0.717) is 13.0 Å². The van der Waals surface area contributed by atoms with E-state index >= 15 is 0 Å². The molecule has 0 unspecified atom stereocenters. The van der Waals surface area contributed by atoms with Crippen molar-refractivity contribution in [3.05, 3.63) is 0 Å². The lowest BCUT2D eigenvalue weighted by atomic mass is 9.68. The fourth-order valence-corrected chi connectivity index (χ4v) is 1.08. The molecule has 0 aromatic heterocycles. The van der Waals surface area contributed by atoms with Gasteiger partial charge in [0.2, 0.25) is 5.91 Å². The summed E-state index contributed by atoms with van der Waals surface area (Å²) in [6.07, 6.45) is 0.349. The van der Waals surface area contributed by atoms with Crippen LogP contribution < -0.4 is 5.32 Å². The molecule has 2 N–H and O–H groups in total. The van der Waals surface area contributed by atoms with E-state index in [2.05, 4.69) is 5.32 Å². The minimum Gasteiger partial charge on any atom is -0.396 e. The van der Waals surface area contributed by atoms with E-state index < -0.39 is 10.8 Å². The van der Waals surface area contributed by atoms with Crippen LogP contribution >= 0.6 is 0 Å². The van der Waals surface area contributed by atoms with Crippen LogP contribution in [0, 0.1) is 10.8 Å². The van der Waals surface area contributed by atoms with Gasteiger partial charge in [-0.05, 0) is 6.92 Å². The summed E-state index contributed by atoms with van der Waals surface area (Å²) < 4.78 is 0. The fraction of sp³-hybridized carbons (Fsp3) is 0.875. The zero-order chi connectivity index (χ0) is 17.0. The fourth-order valence-electron chi connectivity index (χ4n) is 1.08. The first-order valence-electron chi connectivity index (χ1n) is 7.54. The second kappa shape index (κ2) is 11.9. The molecular weight excluding hydrogens is 254 g/mol. The molecule has 0 fully saturated rings. The third-order valence-corrected chi connectivity index (χ3v) is 3.42. The van der Waals surface area contributed by atoms with Crippen molar-refractivity contribution >= 4 is 11.7 Å². The predicted molar refractivity (Wildman–Crippen MR) is 85.7 cm³/mol. The van der Waals surface area contributed by atoms with Gasteiger partial charge in [0.05, 0.1) is 5.41 Å². The van der Waals surface area contributed by atoms with Crippen molar-refractivity contribution in [2.24, 2.45) is 10.8 Å². The van der Waals surface area contributed by atoms with E-state index in [0.717, 1.165) is 0 Å². The van der Waals surface area contributed by atoms with E-state index in [-0.39, 0.29) is 18.3 Å². The van der Waals surface area contributed by atoms with Gasteiger partial charge in [0.25, 0.3) is 0 Å². The maximum Gasteiger partial charge on any atom is 0.226 e. The summed E-state index contributed by atoms with van der Waals surface area (Å²) in [5.74, 6) is -0.0766. The Hall–Kier alpha value is -0.900. The van der Waals surface area contributed by atoms with Gasteiger partial charge in [0.15, 0.2) is 0 Å². The highest BCUT2D eigenvalue weighted by atomic mass is 16.3. The summed E-state index contributed by atoms with van der Waals surface area (Å²) >= 11 is 0. The number of hydrogen-bond acceptors (Lipinski definition) is 3. The number of ketones is 1. The smallest absolute Gasteiger partial charge is 0.226 e. The Kier molecular flexibility index (Phi) is 14.3. The Bertz CT molecular complexity index is 271. The maximum absolute atomic E-state index is 11.9. The van der Waals surface area contributed by atoms with Crippen molar-refractivity contribution < 1.29 is 14.7 Å². The molecular formula is C16H35NO3. The van der Waals surface area contributed by atoms with Gasteiger partial charge in [-0.15, -0.1) is 0 Å². The number of aliphatic hydroxyl groups excluding tert-OH is 1. The van der Waals surface area contributed by atoms with E-state index in [1.807, 2.05) is 41.5 Å². The molecule has 0 bridgehead atoms. The second-order valence-corrected chi connectivity index (χ2v) is 5.37. The van der Waals surface area contributed by atoms with Crippen molar-refractivity contribution in [1.29, 1.82) is 0 Å². The molecule has 0 spiro atoms. The zero-order valence-corrected chi connectivity index (χ0v) is 14.9. The van der Waals surface area contributed by atoms with Gasteiger partial charge < -0.3 is 10.4 Å². The van der Waals surface area contributed by atoms with Gasteiger partial charge in [-0.25, -0.2) is 0 Å². The Balaban J connectivity index is -0.000000656. The molecule has 0 aliphatic carbocycles. The van der Waals surface area contributed by atoms with Crippen LogP contribution in [0.2, 0.25) is 0 Å².